The molecule has 0 atom stereocenters. The summed E-state index contributed by atoms with van der Waals surface area (Å²) in [6.45, 7) is 6.44. The van der Waals surface area contributed by atoms with Gasteiger partial charge in [0.15, 0.2) is 0 Å². The summed E-state index contributed by atoms with van der Waals surface area (Å²) in [5.41, 5.74) is 6.58. The van der Waals surface area contributed by atoms with Gasteiger partial charge in [0, 0.05) is 22.0 Å². The minimum absolute atomic E-state index is 0.444. The molecule has 4 rings (SSSR count). The SMILES string of the molecule is Cc1ccc2ccc(-c3ccc4nc(C(C)C)ccc4c3)nc2c1. The van der Waals surface area contributed by atoms with E-state index in [1.54, 1.807) is 0 Å². The number of hydrogen-bond donors (Lipinski definition) is 0. The van der Waals surface area contributed by atoms with Crippen molar-refractivity contribution >= 4 is 21.8 Å². The highest BCUT2D eigenvalue weighted by Gasteiger charge is 2.06. The molecule has 4 aromatic rings. The lowest BCUT2D eigenvalue weighted by Crippen LogP contribution is -1.93. The highest BCUT2D eigenvalue weighted by atomic mass is 14.7. The van der Waals surface area contributed by atoms with Crippen molar-refractivity contribution in [2.24, 2.45) is 0 Å². The Morgan fingerprint density at radius 1 is 0.708 bits per heavy atom. The molecular weight excluding hydrogens is 292 g/mol. The first kappa shape index (κ1) is 14.8. The van der Waals surface area contributed by atoms with Crippen molar-refractivity contribution < 1.29 is 0 Å². The van der Waals surface area contributed by atoms with E-state index in [2.05, 4.69) is 81.4 Å². The van der Waals surface area contributed by atoms with Crippen LogP contribution in [0.5, 0.6) is 0 Å². The van der Waals surface area contributed by atoms with Crippen LogP contribution in [0.25, 0.3) is 33.1 Å². The lowest BCUT2D eigenvalue weighted by Gasteiger charge is -2.08. The predicted molar refractivity (Wildman–Crippen MR) is 101 cm³/mol. The molecule has 2 nitrogen and oxygen atoms in total. The molecule has 24 heavy (non-hydrogen) atoms. The molecule has 0 aliphatic heterocycles. The first-order chi connectivity index (χ1) is 11.6. The number of rotatable bonds is 2. The molecule has 2 aromatic heterocycles. The molecule has 118 valence electrons. The second-order valence-corrected chi connectivity index (χ2v) is 6.69. The fraction of sp³-hybridized carbons (Fsp3) is 0.182. The quantitative estimate of drug-likeness (QED) is 0.462. The van der Waals surface area contributed by atoms with Gasteiger partial charge in [-0.3, -0.25) is 4.98 Å². The lowest BCUT2D eigenvalue weighted by atomic mass is 10.0. The molecular formula is C22H20N2. The van der Waals surface area contributed by atoms with E-state index in [1.165, 1.54) is 10.9 Å². The maximum Gasteiger partial charge on any atom is 0.0712 e. The Morgan fingerprint density at radius 2 is 1.50 bits per heavy atom. The Labute approximate surface area is 142 Å². The van der Waals surface area contributed by atoms with Gasteiger partial charge in [-0.05, 0) is 48.7 Å². The minimum atomic E-state index is 0.444. The standard InChI is InChI=1S/C22H20N2/c1-14(2)19-9-7-17-13-18(8-11-20(17)23-19)21-10-6-16-5-4-15(3)12-22(16)24-21/h4-14H,1-3H3. The monoisotopic (exact) mass is 312 g/mol. The van der Waals surface area contributed by atoms with E-state index in [0.29, 0.717) is 5.92 Å². The number of nitrogens with zero attached hydrogens (tertiary/aromatic N) is 2. The van der Waals surface area contributed by atoms with Gasteiger partial charge in [-0.25, -0.2) is 4.98 Å². The molecule has 0 unspecified atom stereocenters. The third-order valence-corrected chi connectivity index (χ3v) is 4.45. The van der Waals surface area contributed by atoms with Gasteiger partial charge in [0.2, 0.25) is 0 Å². The van der Waals surface area contributed by atoms with Gasteiger partial charge < -0.3 is 0 Å². The predicted octanol–water partition coefficient (Wildman–Crippen LogP) is 5.88. The Hall–Kier alpha value is -2.74. The number of pyridine rings is 2. The topological polar surface area (TPSA) is 25.8 Å². The lowest BCUT2D eigenvalue weighted by molar-refractivity contribution is 0.830. The summed E-state index contributed by atoms with van der Waals surface area (Å²) >= 11 is 0. The second kappa shape index (κ2) is 5.72. The maximum absolute atomic E-state index is 4.84. The van der Waals surface area contributed by atoms with E-state index in [1.807, 2.05) is 0 Å². The fourth-order valence-corrected chi connectivity index (χ4v) is 3.01. The van der Waals surface area contributed by atoms with Crippen LogP contribution in [-0.2, 0) is 0 Å². The molecule has 0 saturated carbocycles. The molecule has 0 amide bonds. The Bertz CT molecular complexity index is 1050. The first-order valence-corrected chi connectivity index (χ1v) is 8.39. The van der Waals surface area contributed by atoms with Gasteiger partial charge in [0.05, 0.1) is 16.7 Å². The molecule has 0 radical (unpaired) electrons. The molecule has 0 bridgehead atoms. The van der Waals surface area contributed by atoms with Crippen LogP contribution < -0.4 is 0 Å². The van der Waals surface area contributed by atoms with Gasteiger partial charge in [-0.15, -0.1) is 0 Å². The van der Waals surface area contributed by atoms with Crippen molar-refractivity contribution in [2.75, 3.05) is 0 Å². The highest BCUT2D eigenvalue weighted by Crippen LogP contribution is 2.26. The molecule has 0 aliphatic carbocycles. The summed E-state index contributed by atoms with van der Waals surface area (Å²) in [5.74, 6) is 0.444. The summed E-state index contributed by atoms with van der Waals surface area (Å²) < 4.78 is 0. The largest absolute Gasteiger partial charge is 0.253 e. The van der Waals surface area contributed by atoms with Crippen molar-refractivity contribution in [2.45, 2.75) is 26.7 Å². The van der Waals surface area contributed by atoms with Crippen molar-refractivity contribution in [3.8, 4) is 11.3 Å². The number of aryl methyl sites for hydroxylation is 1. The van der Waals surface area contributed by atoms with Crippen molar-refractivity contribution in [1.29, 1.82) is 0 Å². The van der Waals surface area contributed by atoms with Gasteiger partial charge in [0.1, 0.15) is 0 Å². The van der Waals surface area contributed by atoms with Crippen LogP contribution in [0.15, 0.2) is 60.7 Å². The molecule has 0 aliphatic rings. The molecule has 0 saturated heterocycles. The van der Waals surface area contributed by atoms with Crippen LogP contribution in [0, 0.1) is 6.92 Å². The van der Waals surface area contributed by atoms with E-state index >= 15 is 0 Å². The molecule has 2 heterocycles. The van der Waals surface area contributed by atoms with Crippen LogP contribution in [0.4, 0.5) is 0 Å². The first-order valence-electron chi connectivity index (χ1n) is 8.39. The molecule has 2 heteroatoms. The van der Waals surface area contributed by atoms with Crippen LogP contribution in [-0.4, -0.2) is 9.97 Å². The maximum atomic E-state index is 4.84. The zero-order chi connectivity index (χ0) is 16.7. The third-order valence-electron chi connectivity index (χ3n) is 4.45. The summed E-state index contributed by atoms with van der Waals surface area (Å²) in [5, 5.41) is 2.33. The second-order valence-electron chi connectivity index (χ2n) is 6.69. The molecule has 0 N–H and O–H groups in total. The van der Waals surface area contributed by atoms with E-state index < -0.39 is 0 Å². The van der Waals surface area contributed by atoms with Gasteiger partial charge >= 0.3 is 0 Å². The average Bonchev–Trinajstić information content (AvgIpc) is 2.60. The van der Waals surface area contributed by atoms with Crippen molar-refractivity contribution in [3.05, 3.63) is 71.9 Å². The number of fused-ring (bicyclic) bond motifs is 2. The fourth-order valence-electron chi connectivity index (χ4n) is 3.01. The smallest absolute Gasteiger partial charge is 0.0712 e. The third kappa shape index (κ3) is 2.65. The summed E-state index contributed by atoms with van der Waals surface area (Å²) in [6, 6.07) is 21.3. The minimum Gasteiger partial charge on any atom is -0.253 e. The number of hydrogen-bond acceptors (Lipinski definition) is 2. The van der Waals surface area contributed by atoms with Crippen LogP contribution in [0.2, 0.25) is 0 Å². The number of benzene rings is 2. The van der Waals surface area contributed by atoms with Crippen LogP contribution >= 0.6 is 0 Å². The number of aromatic nitrogens is 2. The Kier molecular flexibility index (Phi) is 3.53. The summed E-state index contributed by atoms with van der Waals surface area (Å²) in [4.78, 5) is 9.59. The van der Waals surface area contributed by atoms with E-state index in [9.17, 15) is 0 Å². The summed E-state index contributed by atoms with van der Waals surface area (Å²) in [7, 11) is 0. The normalized spacial score (nSPS) is 11.5. The van der Waals surface area contributed by atoms with Crippen LogP contribution in [0.3, 0.4) is 0 Å². The Balaban J connectivity index is 1.82. The molecule has 2 aromatic carbocycles. The van der Waals surface area contributed by atoms with Crippen molar-refractivity contribution in [1.82, 2.24) is 9.97 Å². The zero-order valence-corrected chi connectivity index (χ0v) is 14.2. The van der Waals surface area contributed by atoms with Gasteiger partial charge in [0.25, 0.3) is 0 Å². The van der Waals surface area contributed by atoms with Gasteiger partial charge in [-0.2, -0.15) is 0 Å². The summed E-state index contributed by atoms with van der Waals surface area (Å²) in [6.07, 6.45) is 0. The average molecular weight is 312 g/mol. The Morgan fingerprint density at radius 3 is 2.33 bits per heavy atom. The molecule has 0 fully saturated rings. The molecule has 0 spiro atoms. The van der Waals surface area contributed by atoms with Gasteiger partial charge in [-0.1, -0.05) is 44.2 Å². The van der Waals surface area contributed by atoms with E-state index in [0.717, 1.165) is 33.4 Å². The van der Waals surface area contributed by atoms with Crippen molar-refractivity contribution in [3.63, 3.8) is 0 Å². The van der Waals surface area contributed by atoms with E-state index in [-0.39, 0.29) is 0 Å². The zero-order valence-electron chi connectivity index (χ0n) is 14.2. The highest BCUT2D eigenvalue weighted by molar-refractivity contribution is 5.86. The van der Waals surface area contributed by atoms with Crippen LogP contribution in [0.1, 0.15) is 31.0 Å². The van der Waals surface area contributed by atoms with E-state index in [4.69, 9.17) is 9.97 Å².